The Morgan fingerprint density at radius 3 is 2.20 bits per heavy atom. The summed E-state index contributed by atoms with van der Waals surface area (Å²) in [7, 11) is 2.13. The van der Waals surface area contributed by atoms with Crippen molar-refractivity contribution in [1.82, 2.24) is 4.90 Å². The van der Waals surface area contributed by atoms with Crippen molar-refractivity contribution in [1.29, 1.82) is 0 Å². The smallest absolute Gasteiger partial charge is 0.243 e. The van der Waals surface area contributed by atoms with Gasteiger partial charge in [0.2, 0.25) is 5.91 Å². The Balaban J connectivity index is 1.49. The van der Waals surface area contributed by atoms with Gasteiger partial charge in [-0.3, -0.25) is 4.79 Å². The Morgan fingerprint density at radius 2 is 1.56 bits per heavy atom. The van der Waals surface area contributed by atoms with Crippen LogP contribution in [0.5, 0.6) is 0 Å². The number of hydrogen-bond donors (Lipinski definition) is 2. The molecule has 0 bridgehead atoms. The molecule has 3 rings (SSSR count). The Bertz CT molecular complexity index is 694. The Kier molecular flexibility index (Phi) is 5.50. The first kappa shape index (κ1) is 17.2. The third-order valence-corrected chi connectivity index (χ3v) is 4.32. The van der Waals surface area contributed by atoms with Crippen molar-refractivity contribution in [2.75, 3.05) is 55.3 Å². The molecular weight excluding hydrogens is 319 g/mol. The van der Waals surface area contributed by atoms with Crippen molar-refractivity contribution in [3.8, 4) is 0 Å². The average Bonchev–Trinajstić information content (AvgIpc) is 2.63. The maximum Gasteiger partial charge on any atom is 0.243 e. The van der Waals surface area contributed by atoms with Crippen LogP contribution in [0.3, 0.4) is 0 Å². The third-order valence-electron chi connectivity index (χ3n) is 4.32. The molecule has 0 radical (unpaired) electrons. The lowest BCUT2D eigenvalue weighted by molar-refractivity contribution is -0.114. The van der Waals surface area contributed by atoms with E-state index in [-0.39, 0.29) is 18.3 Å². The highest BCUT2D eigenvalue weighted by Crippen LogP contribution is 2.19. The third kappa shape index (κ3) is 4.93. The number of hydrogen-bond acceptors (Lipinski definition) is 4. The fraction of sp³-hybridized carbons (Fsp3) is 0.316. The number of carbonyl (C=O) groups is 1. The van der Waals surface area contributed by atoms with E-state index in [0.717, 1.165) is 31.9 Å². The molecule has 0 aromatic heterocycles. The van der Waals surface area contributed by atoms with Gasteiger partial charge in [-0.1, -0.05) is 0 Å². The molecule has 1 aliphatic heterocycles. The normalized spacial score (nSPS) is 15.0. The van der Waals surface area contributed by atoms with E-state index in [0.29, 0.717) is 5.69 Å². The number of piperazine rings is 1. The van der Waals surface area contributed by atoms with Gasteiger partial charge in [-0.2, -0.15) is 0 Å². The summed E-state index contributed by atoms with van der Waals surface area (Å²) in [5.41, 5.74) is 2.65. The predicted molar refractivity (Wildman–Crippen MR) is 99.7 cm³/mol. The van der Waals surface area contributed by atoms with Gasteiger partial charge in [0.1, 0.15) is 5.82 Å². The first-order valence-corrected chi connectivity index (χ1v) is 8.43. The van der Waals surface area contributed by atoms with Crippen molar-refractivity contribution >= 4 is 23.0 Å². The van der Waals surface area contributed by atoms with Crippen LogP contribution in [0.1, 0.15) is 0 Å². The van der Waals surface area contributed by atoms with Crippen LogP contribution in [0.25, 0.3) is 0 Å². The Labute approximate surface area is 147 Å². The van der Waals surface area contributed by atoms with Crippen LogP contribution in [0, 0.1) is 5.82 Å². The van der Waals surface area contributed by atoms with Crippen molar-refractivity contribution in [2.24, 2.45) is 0 Å². The largest absolute Gasteiger partial charge is 0.376 e. The molecule has 2 aromatic rings. The second kappa shape index (κ2) is 7.98. The van der Waals surface area contributed by atoms with Gasteiger partial charge in [0.15, 0.2) is 0 Å². The summed E-state index contributed by atoms with van der Waals surface area (Å²) in [6, 6.07) is 13.8. The molecule has 0 spiro atoms. The average molecular weight is 342 g/mol. The summed E-state index contributed by atoms with van der Waals surface area (Å²) in [5.74, 6) is -0.438. The van der Waals surface area contributed by atoms with E-state index in [1.165, 1.54) is 17.8 Å². The van der Waals surface area contributed by atoms with Crippen LogP contribution in [0.4, 0.5) is 21.5 Å². The van der Waals surface area contributed by atoms with E-state index in [1.807, 2.05) is 24.3 Å². The monoisotopic (exact) mass is 342 g/mol. The molecular formula is C19H23FN4O. The van der Waals surface area contributed by atoms with Gasteiger partial charge >= 0.3 is 0 Å². The topological polar surface area (TPSA) is 47.6 Å². The Morgan fingerprint density at radius 1 is 0.960 bits per heavy atom. The number of nitrogens with one attached hydrogen (secondary N) is 2. The molecule has 0 atom stereocenters. The number of nitrogens with zero attached hydrogens (tertiary/aromatic N) is 2. The zero-order valence-electron chi connectivity index (χ0n) is 14.3. The molecule has 132 valence electrons. The highest BCUT2D eigenvalue weighted by molar-refractivity contribution is 5.93. The standard InChI is InChI=1S/C19H23FN4O/c1-23-10-12-24(13-11-23)18-8-6-17(7-9-18)22-19(25)14-21-16-4-2-15(20)3-5-16/h2-9,21H,10-14H2,1H3,(H,22,25). The fourth-order valence-electron chi connectivity index (χ4n) is 2.78. The summed E-state index contributed by atoms with van der Waals surface area (Å²) in [5, 5.41) is 5.83. The van der Waals surface area contributed by atoms with Crippen LogP contribution >= 0.6 is 0 Å². The van der Waals surface area contributed by atoms with Gasteiger partial charge in [-0.25, -0.2) is 4.39 Å². The van der Waals surface area contributed by atoms with Gasteiger partial charge in [0, 0.05) is 43.2 Å². The molecule has 1 aliphatic rings. The summed E-state index contributed by atoms with van der Waals surface area (Å²) >= 11 is 0. The van der Waals surface area contributed by atoms with Crippen molar-refractivity contribution in [3.05, 3.63) is 54.3 Å². The minimum absolute atomic E-state index is 0.131. The molecule has 5 nitrogen and oxygen atoms in total. The lowest BCUT2D eigenvalue weighted by Crippen LogP contribution is -2.44. The summed E-state index contributed by atoms with van der Waals surface area (Å²) in [6.07, 6.45) is 0. The lowest BCUT2D eigenvalue weighted by atomic mass is 10.2. The van der Waals surface area contributed by atoms with Crippen molar-refractivity contribution in [2.45, 2.75) is 0 Å². The van der Waals surface area contributed by atoms with E-state index in [1.54, 1.807) is 12.1 Å². The predicted octanol–water partition coefficient (Wildman–Crippen LogP) is 2.63. The molecule has 0 unspecified atom stereocenters. The number of halogens is 1. The molecule has 1 fully saturated rings. The van der Waals surface area contributed by atoms with E-state index < -0.39 is 0 Å². The molecule has 1 saturated heterocycles. The van der Waals surface area contributed by atoms with E-state index >= 15 is 0 Å². The quantitative estimate of drug-likeness (QED) is 0.877. The maximum absolute atomic E-state index is 12.8. The zero-order chi connectivity index (χ0) is 17.6. The summed E-state index contributed by atoms with van der Waals surface area (Å²) in [6.45, 7) is 4.29. The number of likely N-dealkylation sites (N-methyl/N-ethyl adjacent to an activating group) is 1. The van der Waals surface area contributed by atoms with Crippen LogP contribution in [0.15, 0.2) is 48.5 Å². The van der Waals surface area contributed by atoms with Crippen LogP contribution in [-0.4, -0.2) is 50.6 Å². The Hall–Kier alpha value is -2.60. The first-order chi connectivity index (χ1) is 12.1. The molecule has 0 saturated carbocycles. The summed E-state index contributed by atoms with van der Waals surface area (Å²) in [4.78, 5) is 16.7. The molecule has 1 heterocycles. The van der Waals surface area contributed by atoms with Crippen LogP contribution in [-0.2, 0) is 4.79 Å². The molecule has 0 aliphatic carbocycles. The summed E-state index contributed by atoms with van der Waals surface area (Å²) < 4.78 is 12.8. The van der Waals surface area contributed by atoms with Crippen molar-refractivity contribution in [3.63, 3.8) is 0 Å². The molecule has 2 N–H and O–H groups in total. The van der Waals surface area contributed by atoms with E-state index in [4.69, 9.17) is 0 Å². The van der Waals surface area contributed by atoms with Gasteiger partial charge in [0.05, 0.1) is 6.54 Å². The van der Waals surface area contributed by atoms with Crippen molar-refractivity contribution < 1.29 is 9.18 Å². The maximum atomic E-state index is 12.8. The molecule has 1 amide bonds. The lowest BCUT2D eigenvalue weighted by Gasteiger charge is -2.34. The number of rotatable bonds is 5. The number of amides is 1. The zero-order valence-corrected chi connectivity index (χ0v) is 14.3. The van der Waals surface area contributed by atoms with Gasteiger partial charge in [-0.15, -0.1) is 0 Å². The minimum Gasteiger partial charge on any atom is -0.376 e. The first-order valence-electron chi connectivity index (χ1n) is 8.43. The highest BCUT2D eigenvalue weighted by atomic mass is 19.1. The molecule has 25 heavy (non-hydrogen) atoms. The van der Waals surface area contributed by atoms with Gasteiger partial charge in [0.25, 0.3) is 0 Å². The number of anilines is 3. The second-order valence-corrected chi connectivity index (χ2v) is 6.25. The minimum atomic E-state index is -0.296. The number of carbonyl (C=O) groups excluding carboxylic acids is 1. The number of benzene rings is 2. The highest BCUT2D eigenvalue weighted by Gasteiger charge is 2.14. The molecule has 2 aromatic carbocycles. The van der Waals surface area contributed by atoms with E-state index in [9.17, 15) is 9.18 Å². The second-order valence-electron chi connectivity index (χ2n) is 6.25. The van der Waals surface area contributed by atoms with E-state index in [2.05, 4.69) is 27.5 Å². The molecule has 6 heteroatoms. The van der Waals surface area contributed by atoms with Gasteiger partial charge in [-0.05, 0) is 55.6 Å². The fourth-order valence-corrected chi connectivity index (χ4v) is 2.78. The van der Waals surface area contributed by atoms with Crippen LogP contribution in [0.2, 0.25) is 0 Å². The van der Waals surface area contributed by atoms with Gasteiger partial charge < -0.3 is 20.4 Å². The van der Waals surface area contributed by atoms with Crippen LogP contribution < -0.4 is 15.5 Å². The SMILES string of the molecule is CN1CCN(c2ccc(NC(=O)CNc3ccc(F)cc3)cc2)CC1.